The highest BCUT2D eigenvalue weighted by Crippen LogP contribution is 2.45. The second-order valence-corrected chi connectivity index (χ2v) is 5.83. The lowest BCUT2D eigenvalue weighted by molar-refractivity contribution is -0.0215. The Balaban J connectivity index is 1.85. The van der Waals surface area contributed by atoms with Gasteiger partial charge in [-0.05, 0) is 31.2 Å². The minimum atomic E-state index is -1.02. The number of nitrogens with zero attached hydrogens (tertiary/aromatic N) is 4. The highest BCUT2D eigenvalue weighted by molar-refractivity contribution is 5.33. The molecule has 1 aliphatic rings. The van der Waals surface area contributed by atoms with Crippen molar-refractivity contribution in [2.24, 2.45) is 7.05 Å². The van der Waals surface area contributed by atoms with E-state index in [-0.39, 0.29) is 0 Å². The number of benzene rings is 1. The second-order valence-electron chi connectivity index (χ2n) is 5.83. The SMILES string of the molecule is Cn1cnc(C2(O)CCC(C#N)(c3ccccc3)CC2)n1. The number of hydrogen-bond donors (Lipinski definition) is 1. The van der Waals surface area contributed by atoms with Crippen LogP contribution in [-0.4, -0.2) is 19.9 Å². The zero-order chi connectivity index (χ0) is 14.9. The van der Waals surface area contributed by atoms with Gasteiger partial charge in [-0.1, -0.05) is 30.3 Å². The number of rotatable bonds is 2. The van der Waals surface area contributed by atoms with Gasteiger partial charge in [0.15, 0.2) is 5.82 Å². The van der Waals surface area contributed by atoms with Crippen molar-refractivity contribution in [3.63, 3.8) is 0 Å². The van der Waals surface area contributed by atoms with Gasteiger partial charge in [-0.15, -0.1) is 0 Å². The zero-order valence-corrected chi connectivity index (χ0v) is 12.0. The summed E-state index contributed by atoms with van der Waals surface area (Å²) in [5, 5.41) is 24.7. The van der Waals surface area contributed by atoms with Gasteiger partial charge >= 0.3 is 0 Å². The number of nitriles is 1. The van der Waals surface area contributed by atoms with Crippen LogP contribution in [0.5, 0.6) is 0 Å². The molecule has 0 saturated heterocycles. The van der Waals surface area contributed by atoms with Crippen LogP contribution in [0.3, 0.4) is 0 Å². The monoisotopic (exact) mass is 282 g/mol. The molecule has 1 saturated carbocycles. The molecule has 3 rings (SSSR count). The summed E-state index contributed by atoms with van der Waals surface area (Å²) >= 11 is 0. The summed E-state index contributed by atoms with van der Waals surface area (Å²) in [5.41, 5.74) is -0.498. The van der Waals surface area contributed by atoms with E-state index in [9.17, 15) is 10.4 Å². The van der Waals surface area contributed by atoms with Gasteiger partial charge in [-0.3, -0.25) is 4.68 Å². The van der Waals surface area contributed by atoms with Crippen LogP contribution in [0.15, 0.2) is 36.7 Å². The van der Waals surface area contributed by atoms with E-state index in [4.69, 9.17) is 0 Å². The number of aromatic nitrogens is 3. The molecular weight excluding hydrogens is 264 g/mol. The highest BCUT2D eigenvalue weighted by Gasteiger charge is 2.45. The molecule has 108 valence electrons. The lowest BCUT2D eigenvalue weighted by Gasteiger charge is -2.39. The van der Waals surface area contributed by atoms with Crippen LogP contribution in [0.25, 0.3) is 0 Å². The fraction of sp³-hybridized carbons (Fsp3) is 0.438. The molecule has 0 unspecified atom stereocenters. The Labute approximate surface area is 123 Å². The molecule has 5 nitrogen and oxygen atoms in total. The lowest BCUT2D eigenvalue weighted by atomic mass is 9.66. The maximum atomic E-state index is 10.8. The number of hydrogen-bond acceptors (Lipinski definition) is 4. The van der Waals surface area contributed by atoms with Crippen LogP contribution in [0.1, 0.15) is 37.1 Å². The Bertz CT molecular complexity index is 663. The van der Waals surface area contributed by atoms with E-state index in [1.54, 1.807) is 18.1 Å². The molecular formula is C16H18N4O. The third-order valence-corrected chi connectivity index (χ3v) is 4.49. The molecule has 1 aromatic heterocycles. The second kappa shape index (κ2) is 4.97. The summed E-state index contributed by atoms with van der Waals surface area (Å²) in [5.74, 6) is 0.463. The van der Waals surface area contributed by atoms with Gasteiger partial charge in [-0.25, -0.2) is 4.98 Å². The first-order chi connectivity index (χ1) is 10.1. The first-order valence-electron chi connectivity index (χ1n) is 7.13. The quantitative estimate of drug-likeness (QED) is 0.914. The molecule has 1 heterocycles. The Hall–Kier alpha value is -2.19. The van der Waals surface area contributed by atoms with Crippen molar-refractivity contribution >= 4 is 0 Å². The van der Waals surface area contributed by atoms with E-state index in [2.05, 4.69) is 16.2 Å². The predicted molar refractivity (Wildman–Crippen MR) is 77.1 cm³/mol. The fourth-order valence-electron chi connectivity index (χ4n) is 3.09. The summed E-state index contributed by atoms with van der Waals surface area (Å²) in [6.07, 6.45) is 3.82. The van der Waals surface area contributed by atoms with Crippen molar-refractivity contribution in [2.75, 3.05) is 0 Å². The van der Waals surface area contributed by atoms with Gasteiger partial charge in [0.05, 0.1) is 11.5 Å². The third kappa shape index (κ3) is 2.32. The number of aliphatic hydroxyl groups is 1. The van der Waals surface area contributed by atoms with Gasteiger partial charge in [0.25, 0.3) is 0 Å². The normalized spacial score (nSPS) is 29.0. The van der Waals surface area contributed by atoms with E-state index in [0.717, 1.165) is 5.56 Å². The average molecular weight is 282 g/mol. The minimum absolute atomic E-state index is 0.463. The van der Waals surface area contributed by atoms with E-state index in [0.29, 0.717) is 31.5 Å². The van der Waals surface area contributed by atoms with Crippen molar-refractivity contribution < 1.29 is 5.11 Å². The fourth-order valence-corrected chi connectivity index (χ4v) is 3.09. The molecule has 0 atom stereocenters. The molecule has 1 aliphatic carbocycles. The number of aryl methyl sites for hydroxylation is 1. The van der Waals surface area contributed by atoms with Crippen molar-refractivity contribution in [3.8, 4) is 6.07 Å². The van der Waals surface area contributed by atoms with Gasteiger partial charge in [-0.2, -0.15) is 10.4 Å². The largest absolute Gasteiger partial charge is 0.382 e. The minimum Gasteiger partial charge on any atom is -0.382 e. The van der Waals surface area contributed by atoms with Gasteiger partial charge in [0.1, 0.15) is 11.9 Å². The van der Waals surface area contributed by atoms with Crippen LogP contribution >= 0.6 is 0 Å². The summed E-state index contributed by atoms with van der Waals surface area (Å²) in [7, 11) is 1.78. The Morgan fingerprint density at radius 1 is 1.19 bits per heavy atom. The molecule has 0 radical (unpaired) electrons. The maximum Gasteiger partial charge on any atom is 0.182 e. The standard InChI is InChI=1S/C16H18N4O/c1-20-12-18-14(19-20)16(21)9-7-15(11-17,8-10-16)13-5-3-2-4-6-13/h2-6,12,21H,7-10H2,1H3. The first-order valence-corrected chi connectivity index (χ1v) is 7.13. The Morgan fingerprint density at radius 3 is 2.38 bits per heavy atom. The van der Waals surface area contributed by atoms with E-state index in [1.165, 1.54) is 0 Å². The molecule has 0 bridgehead atoms. The van der Waals surface area contributed by atoms with Crippen LogP contribution in [0.4, 0.5) is 0 Å². The molecule has 1 N–H and O–H groups in total. The summed E-state index contributed by atoms with van der Waals surface area (Å²) < 4.78 is 1.59. The van der Waals surface area contributed by atoms with Crippen LogP contribution in [-0.2, 0) is 18.1 Å². The van der Waals surface area contributed by atoms with Crippen LogP contribution < -0.4 is 0 Å². The molecule has 1 fully saturated rings. The molecule has 5 heteroatoms. The van der Waals surface area contributed by atoms with Gasteiger partial charge in [0, 0.05) is 7.05 Å². The van der Waals surface area contributed by atoms with Crippen molar-refractivity contribution in [2.45, 2.75) is 36.7 Å². The smallest absolute Gasteiger partial charge is 0.182 e. The van der Waals surface area contributed by atoms with Crippen LogP contribution in [0, 0.1) is 11.3 Å². The molecule has 21 heavy (non-hydrogen) atoms. The van der Waals surface area contributed by atoms with Crippen molar-refractivity contribution in [3.05, 3.63) is 48.0 Å². The van der Waals surface area contributed by atoms with Crippen LogP contribution in [0.2, 0.25) is 0 Å². The van der Waals surface area contributed by atoms with Gasteiger partial charge in [0.2, 0.25) is 0 Å². The summed E-state index contributed by atoms with van der Waals surface area (Å²) in [6.45, 7) is 0. The molecule has 0 amide bonds. The highest BCUT2D eigenvalue weighted by atomic mass is 16.3. The maximum absolute atomic E-state index is 10.8. The van der Waals surface area contributed by atoms with Gasteiger partial charge < -0.3 is 5.11 Å². The van der Waals surface area contributed by atoms with E-state index < -0.39 is 11.0 Å². The summed E-state index contributed by atoms with van der Waals surface area (Å²) in [4.78, 5) is 4.18. The predicted octanol–water partition coefficient (Wildman–Crippen LogP) is 2.04. The van der Waals surface area contributed by atoms with Crippen molar-refractivity contribution in [1.82, 2.24) is 14.8 Å². The molecule has 1 aromatic carbocycles. The Kier molecular flexibility index (Phi) is 3.26. The average Bonchev–Trinajstić information content (AvgIpc) is 2.97. The molecule has 0 spiro atoms. The summed E-state index contributed by atoms with van der Waals surface area (Å²) in [6, 6.07) is 12.3. The molecule has 2 aromatic rings. The van der Waals surface area contributed by atoms with Crippen molar-refractivity contribution in [1.29, 1.82) is 5.26 Å². The first kappa shape index (κ1) is 13.8. The van der Waals surface area contributed by atoms with E-state index >= 15 is 0 Å². The lowest BCUT2D eigenvalue weighted by Crippen LogP contribution is -2.39. The van der Waals surface area contributed by atoms with E-state index in [1.807, 2.05) is 30.3 Å². The Morgan fingerprint density at radius 2 is 1.86 bits per heavy atom. The third-order valence-electron chi connectivity index (χ3n) is 4.49. The topological polar surface area (TPSA) is 74.7 Å². The zero-order valence-electron chi connectivity index (χ0n) is 12.0. The molecule has 0 aliphatic heterocycles.